The van der Waals surface area contributed by atoms with E-state index < -0.39 is 0 Å². The number of fused-ring (bicyclic) bond motifs is 1. The number of rotatable bonds is 6. The second kappa shape index (κ2) is 9.26. The van der Waals surface area contributed by atoms with Crippen LogP contribution in [0.2, 0.25) is 0 Å². The Kier molecular flexibility index (Phi) is 6.50. The summed E-state index contributed by atoms with van der Waals surface area (Å²) in [6.07, 6.45) is 8.70. The van der Waals surface area contributed by atoms with E-state index in [0.717, 1.165) is 62.9 Å². The normalized spacial score (nSPS) is 19.8. The molecule has 0 aromatic carbocycles. The maximum absolute atomic E-state index is 12.8. The molecule has 2 aromatic heterocycles. The summed E-state index contributed by atoms with van der Waals surface area (Å²) in [5.74, 6) is 1.69. The highest BCUT2D eigenvalue weighted by atomic mass is 16.5. The molecule has 0 radical (unpaired) electrons. The molecule has 0 spiro atoms. The molecule has 0 atom stereocenters. The Labute approximate surface area is 173 Å². The first kappa shape index (κ1) is 20.4. The quantitative estimate of drug-likeness (QED) is 0.811. The zero-order valence-electron chi connectivity index (χ0n) is 17.8. The minimum atomic E-state index is -0.0128. The molecule has 0 saturated carbocycles. The smallest absolute Gasteiger partial charge is 0.255 e. The molecule has 4 heterocycles. The van der Waals surface area contributed by atoms with Gasteiger partial charge in [0.25, 0.3) is 5.91 Å². The van der Waals surface area contributed by atoms with Crippen molar-refractivity contribution in [3.63, 3.8) is 0 Å². The van der Waals surface area contributed by atoms with Crippen LogP contribution in [0, 0.1) is 11.8 Å². The van der Waals surface area contributed by atoms with Crippen LogP contribution < -0.4 is 5.32 Å². The number of hydrogen-bond acceptors (Lipinski definition) is 4. The average Bonchev–Trinajstić information content (AvgIpc) is 3.19. The SMILES string of the molecule is CC(C)c1cn2cccc(C(=O)NCC3CCN(CC4CCOCC4)CC3)c2n1. The Bertz CT molecular complexity index is 817. The van der Waals surface area contributed by atoms with Crippen molar-refractivity contribution >= 4 is 11.6 Å². The zero-order valence-corrected chi connectivity index (χ0v) is 17.8. The van der Waals surface area contributed by atoms with Crippen LogP contribution in [0.5, 0.6) is 0 Å². The lowest BCUT2D eigenvalue weighted by atomic mass is 9.94. The van der Waals surface area contributed by atoms with Crippen LogP contribution in [0.25, 0.3) is 5.65 Å². The fourth-order valence-corrected chi connectivity index (χ4v) is 4.49. The summed E-state index contributed by atoms with van der Waals surface area (Å²) < 4.78 is 7.43. The highest BCUT2D eigenvalue weighted by molar-refractivity contribution is 5.99. The van der Waals surface area contributed by atoms with Crippen molar-refractivity contribution < 1.29 is 9.53 Å². The zero-order chi connectivity index (χ0) is 20.2. The number of aromatic nitrogens is 2. The second-order valence-corrected chi connectivity index (χ2v) is 8.98. The number of amides is 1. The van der Waals surface area contributed by atoms with E-state index in [-0.39, 0.29) is 5.91 Å². The van der Waals surface area contributed by atoms with Crippen molar-refractivity contribution in [2.75, 3.05) is 39.4 Å². The lowest BCUT2D eigenvalue weighted by Gasteiger charge is -2.35. The number of pyridine rings is 1. The molecular weight excluding hydrogens is 364 g/mol. The van der Waals surface area contributed by atoms with Gasteiger partial charge in [-0.2, -0.15) is 0 Å². The van der Waals surface area contributed by atoms with Crippen molar-refractivity contribution in [1.29, 1.82) is 0 Å². The summed E-state index contributed by atoms with van der Waals surface area (Å²) >= 11 is 0. The van der Waals surface area contributed by atoms with Crippen LogP contribution in [-0.2, 0) is 4.74 Å². The van der Waals surface area contributed by atoms with E-state index in [1.165, 1.54) is 19.4 Å². The van der Waals surface area contributed by atoms with E-state index >= 15 is 0 Å². The molecule has 158 valence electrons. The third-order valence-corrected chi connectivity index (χ3v) is 6.45. The molecule has 0 aliphatic carbocycles. The summed E-state index contributed by atoms with van der Waals surface area (Å²) in [7, 11) is 0. The number of hydrogen-bond donors (Lipinski definition) is 1. The molecule has 6 nitrogen and oxygen atoms in total. The van der Waals surface area contributed by atoms with E-state index in [2.05, 4.69) is 29.0 Å². The highest BCUT2D eigenvalue weighted by Gasteiger charge is 2.24. The average molecular weight is 399 g/mol. The molecule has 2 aromatic rings. The molecule has 2 saturated heterocycles. The highest BCUT2D eigenvalue weighted by Crippen LogP contribution is 2.22. The number of ether oxygens (including phenoxy) is 1. The predicted molar refractivity (Wildman–Crippen MR) is 114 cm³/mol. The molecule has 2 aliphatic rings. The van der Waals surface area contributed by atoms with E-state index in [1.807, 2.05) is 28.9 Å². The first-order valence-corrected chi connectivity index (χ1v) is 11.2. The Balaban J connectivity index is 1.28. The van der Waals surface area contributed by atoms with Gasteiger partial charge in [-0.1, -0.05) is 13.8 Å². The fraction of sp³-hybridized carbons (Fsp3) is 0.652. The third kappa shape index (κ3) is 4.98. The Hall–Kier alpha value is -1.92. The molecule has 0 bridgehead atoms. The predicted octanol–water partition coefficient (Wildman–Crippen LogP) is 3.33. The van der Waals surface area contributed by atoms with Gasteiger partial charge in [0.1, 0.15) is 5.65 Å². The largest absolute Gasteiger partial charge is 0.381 e. The molecule has 29 heavy (non-hydrogen) atoms. The Morgan fingerprint density at radius 3 is 2.69 bits per heavy atom. The number of imidazole rings is 1. The van der Waals surface area contributed by atoms with Gasteiger partial charge in [0.05, 0.1) is 11.3 Å². The van der Waals surface area contributed by atoms with Gasteiger partial charge in [-0.25, -0.2) is 4.98 Å². The number of carbonyl (C=O) groups is 1. The number of nitrogens with zero attached hydrogens (tertiary/aromatic N) is 3. The lowest BCUT2D eigenvalue weighted by Crippen LogP contribution is -2.41. The van der Waals surface area contributed by atoms with E-state index in [9.17, 15) is 4.79 Å². The van der Waals surface area contributed by atoms with Crippen molar-refractivity contribution in [3.05, 3.63) is 35.8 Å². The molecule has 4 rings (SSSR count). The number of piperidine rings is 1. The molecule has 0 unspecified atom stereocenters. The molecule has 2 aliphatic heterocycles. The van der Waals surface area contributed by atoms with Gasteiger partial charge >= 0.3 is 0 Å². The summed E-state index contributed by atoms with van der Waals surface area (Å²) in [4.78, 5) is 20.1. The van der Waals surface area contributed by atoms with E-state index in [0.29, 0.717) is 17.4 Å². The third-order valence-electron chi connectivity index (χ3n) is 6.45. The first-order chi connectivity index (χ1) is 14.1. The van der Waals surface area contributed by atoms with Crippen molar-refractivity contribution in [2.45, 2.75) is 45.4 Å². The molecule has 6 heteroatoms. The number of nitrogens with one attached hydrogen (secondary N) is 1. The monoisotopic (exact) mass is 398 g/mol. The Morgan fingerprint density at radius 1 is 1.21 bits per heavy atom. The fourth-order valence-electron chi connectivity index (χ4n) is 4.49. The van der Waals surface area contributed by atoms with Crippen LogP contribution >= 0.6 is 0 Å². The summed E-state index contributed by atoms with van der Waals surface area (Å²) in [6.45, 7) is 10.3. The summed E-state index contributed by atoms with van der Waals surface area (Å²) in [6, 6.07) is 3.79. The number of carbonyl (C=O) groups excluding carboxylic acids is 1. The maximum atomic E-state index is 12.8. The van der Waals surface area contributed by atoms with E-state index in [1.54, 1.807) is 0 Å². The van der Waals surface area contributed by atoms with Gasteiger partial charge in [0.2, 0.25) is 0 Å². The van der Waals surface area contributed by atoms with Crippen LogP contribution in [0.15, 0.2) is 24.5 Å². The van der Waals surface area contributed by atoms with Crippen LogP contribution in [0.4, 0.5) is 0 Å². The van der Waals surface area contributed by atoms with Crippen molar-refractivity contribution in [1.82, 2.24) is 19.6 Å². The van der Waals surface area contributed by atoms with Crippen molar-refractivity contribution in [3.8, 4) is 0 Å². The minimum absolute atomic E-state index is 0.0128. The molecular formula is C23H34N4O2. The molecule has 1 amide bonds. The van der Waals surface area contributed by atoms with Crippen LogP contribution in [0.3, 0.4) is 0 Å². The van der Waals surface area contributed by atoms with Crippen molar-refractivity contribution in [2.24, 2.45) is 11.8 Å². The summed E-state index contributed by atoms with van der Waals surface area (Å²) in [5.41, 5.74) is 2.43. The van der Waals surface area contributed by atoms with Crippen LogP contribution in [0.1, 0.15) is 61.5 Å². The maximum Gasteiger partial charge on any atom is 0.255 e. The Morgan fingerprint density at radius 2 is 1.97 bits per heavy atom. The second-order valence-electron chi connectivity index (χ2n) is 8.98. The molecule has 1 N–H and O–H groups in total. The van der Waals surface area contributed by atoms with Gasteiger partial charge in [0.15, 0.2) is 0 Å². The van der Waals surface area contributed by atoms with Gasteiger partial charge in [-0.05, 0) is 68.7 Å². The standard InChI is InChI=1S/C23H34N4O2/c1-17(2)21-16-27-9-3-4-20(22(27)25-21)23(28)24-14-18-5-10-26(11-6-18)15-19-7-12-29-13-8-19/h3-4,9,16-19H,5-8,10-15H2,1-2H3,(H,24,28). The summed E-state index contributed by atoms with van der Waals surface area (Å²) in [5, 5.41) is 3.17. The van der Waals surface area contributed by atoms with Gasteiger partial charge in [-0.15, -0.1) is 0 Å². The van der Waals surface area contributed by atoms with Gasteiger partial charge in [0, 0.05) is 38.7 Å². The van der Waals surface area contributed by atoms with Gasteiger partial charge in [-0.3, -0.25) is 4.79 Å². The lowest BCUT2D eigenvalue weighted by molar-refractivity contribution is 0.0467. The minimum Gasteiger partial charge on any atom is -0.381 e. The van der Waals surface area contributed by atoms with E-state index in [4.69, 9.17) is 4.74 Å². The topological polar surface area (TPSA) is 58.9 Å². The first-order valence-electron chi connectivity index (χ1n) is 11.2. The number of likely N-dealkylation sites (tertiary alicyclic amines) is 1. The van der Waals surface area contributed by atoms with Crippen LogP contribution in [-0.4, -0.2) is 59.6 Å². The van der Waals surface area contributed by atoms with Gasteiger partial charge < -0.3 is 19.4 Å². The molecule has 2 fully saturated rings.